The molecule has 22 heavy (non-hydrogen) atoms. The molecule has 0 fully saturated rings. The Bertz CT molecular complexity index is 755. The van der Waals surface area contributed by atoms with Crippen LogP contribution in [0.15, 0.2) is 42.5 Å². The van der Waals surface area contributed by atoms with E-state index in [0.717, 1.165) is 25.9 Å². The van der Waals surface area contributed by atoms with E-state index in [9.17, 15) is 9.59 Å². The monoisotopic (exact) mass is 407 g/mol. The van der Waals surface area contributed by atoms with Gasteiger partial charge >= 0.3 is 5.97 Å². The van der Waals surface area contributed by atoms with Crippen LogP contribution in [0.2, 0.25) is 0 Å². The van der Waals surface area contributed by atoms with Crippen molar-refractivity contribution in [3.8, 4) is 0 Å². The SMILES string of the molecule is CC(C(=O)O)c1ccc(N2Cc3ccc(I)cc3C2=O)cc1. The van der Waals surface area contributed by atoms with E-state index in [2.05, 4.69) is 22.6 Å². The Morgan fingerprint density at radius 1 is 1.23 bits per heavy atom. The molecule has 3 rings (SSSR count). The molecule has 5 heteroatoms. The smallest absolute Gasteiger partial charge is 0.310 e. The first-order valence-electron chi connectivity index (χ1n) is 6.90. The highest BCUT2D eigenvalue weighted by molar-refractivity contribution is 14.1. The molecule has 1 heterocycles. The molecule has 1 atom stereocenters. The third kappa shape index (κ3) is 2.61. The van der Waals surface area contributed by atoms with Gasteiger partial charge in [0.25, 0.3) is 5.91 Å². The largest absolute Gasteiger partial charge is 0.481 e. The quantitative estimate of drug-likeness (QED) is 0.791. The fourth-order valence-electron chi connectivity index (χ4n) is 2.57. The number of hydrogen-bond acceptors (Lipinski definition) is 2. The van der Waals surface area contributed by atoms with Gasteiger partial charge in [-0.15, -0.1) is 0 Å². The molecule has 112 valence electrons. The summed E-state index contributed by atoms with van der Waals surface area (Å²) in [5, 5.41) is 9.04. The lowest BCUT2D eigenvalue weighted by Gasteiger charge is -2.16. The number of rotatable bonds is 3. The zero-order chi connectivity index (χ0) is 15.9. The molecule has 4 nitrogen and oxygen atoms in total. The summed E-state index contributed by atoms with van der Waals surface area (Å²) in [6.07, 6.45) is 0. The second-order valence-corrected chi connectivity index (χ2v) is 6.59. The molecule has 0 aromatic heterocycles. The van der Waals surface area contributed by atoms with Crippen molar-refractivity contribution in [2.24, 2.45) is 0 Å². The Morgan fingerprint density at radius 2 is 1.91 bits per heavy atom. The van der Waals surface area contributed by atoms with E-state index in [1.54, 1.807) is 24.0 Å². The average molecular weight is 407 g/mol. The maximum Gasteiger partial charge on any atom is 0.310 e. The van der Waals surface area contributed by atoms with Crippen LogP contribution in [0, 0.1) is 3.57 Å². The first-order valence-corrected chi connectivity index (χ1v) is 7.98. The summed E-state index contributed by atoms with van der Waals surface area (Å²) >= 11 is 2.20. The van der Waals surface area contributed by atoms with Gasteiger partial charge in [0.05, 0.1) is 12.5 Å². The van der Waals surface area contributed by atoms with E-state index in [1.165, 1.54) is 0 Å². The van der Waals surface area contributed by atoms with Crippen LogP contribution in [0.25, 0.3) is 0 Å². The van der Waals surface area contributed by atoms with Gasteiger partial charge in [-0.2, -0.15) is 0 Å². The molecule has 1 N–H and O–H groups in total. The number of hydrogen-bond donors (Lipinski definition) is 1. The minimum atomic E-state index is -0.855. The number of nitrogens with zero attached hydrogens (tertiary/aromatic N) is 1. The van der Waals surface area contributed by atoms with Gasteiger partial charge in [-0.3, -0.25) is 9.59 Å². The Kier molecular flexibility index (Phi) is 3.90. The van der Waals surface area contributed by atoms with Crippen LogP contribution in [0.1, 0.15) is 34.3 Å². The number of carbonyl (C=O) groups is 2. The number of halogens is 1. The normalized spacial score (nSPS) is 14.8. The number of benzene rings is 2. The molecule has 0 saturated heterocycles. The molecule has 2 aromatic carbocycles. The summed E-state index contributed by atoms with van der Waals surface area (Å²) in [7, 11) is 0. The van der Waals surface area contributed by atoms with Crippen LogP contribution >= 0.6 is 22.6 Å². The minimum Gasteiger partial charge on any atom is -0.481 e. The average Bonchev–Trinajstić information content (AvgIpc) is 2.83. The Balaban J connectivity index is 1.87. The Labute approximate surface area is 141 Å². The third-order valence-electron chi connectivity index (χ3n) is 3.95. The highest BCUT2D eigenvalue weighted by Gasteiger charge is 2.28. The zero-order valence-corrected chi connectivity index (χ0v) is 14.1. The number of aliphatic carboxylic acids is 1. The summed E-state index contributed by atoms with van der Waals surface area (Å²) in [5.41, 5.74) is 3.29. The van der Waals surface area contributed by atoms with Gasteiger partial charge < -0.3 is 10.0 Å². The predicted molar refractivity (Wildman–Crippen MR) is 92.2 cm³/mol. The van der Waals surface area contributed by atoms with Crippen molar-refractivity contribution in [1.82, 2.24) is 0 Å². The Hall–Kier alpha value is -1.89. The van der Waals surface area contributed by atoms with Gasteiger partial charge in [-0.1, -0.05) is 18.2 Å². The van der Waals surface area contributed by atoms with Crippen LogP contribution in [-0.4, -0.2) is 17.0 Å². The third-order valence-corrected chi connectivity index (χ3v) is 4.62. The zero-order valence-electron chi connectivity index (χ0n) is 11.9. The Morgan fingerprint density at radius 3 is 2.55 bits per heavy atom. The van der Waals surface area contributed by atoms with E-state index in [0.29, 0.717) is 6.54 Å². The molecule has 1 amide bonds. The van der Waals surface area contributed by atoms with Crippen molar-refractivity contribution in [3.63, 3.8) is 0 Å². The van der Waals surface area contributed by atoms with E-state index in [4.69, 9.17) is 5.11 Å². The van der Waals surface area contributed by atoms with Gasteiger partial charge in [0, 0.05) is 14.8 Å². The highest BCUT2D eigenvalue weighted by Crippen LogP contribution is 2.30. The van der Waals surface area contributed by atoms with Crippen molar-refractivity contribution >= 4 is 40.2 Å². The van der Waals surface area contributed by atoms with Crippen molar-refractivity contribution < 1.29 is 14.7 Å². The number of carboxylic acids is 1. The second-order valence-electron chi connectivity index (χ2n) is 5.34. The maximum absolute atomic E-state index is 12.5. The molecule has 0 spiro atoms. The number of carboxylic acid groups (broad SMARTS) is 1. The van der Waals surface area contributed by atoms with Crippen LogP contribution in [0.4, 0.5) is 5.69 Å². The van der Waals surface area contributed by atoms with Gasteiger partial charge in [0.15, 0.2) is 0 Å². The first kappa shape index (κ1) is 15.0. The molecule has 0 saturated carbocycles. The first-order chi connectivity index (χ1) is 10.5. The molecule has 1 unspecified atom stereocenters. The number of amides is 1. The van der Waals surface area contributed by atoms with E-state index < -0.39 is 11.9 Å². The molecular weight excluding hydrogens is 393 g/mol. The summed E-state index contributed by atoms with van der Waals surface area (Å²) in [4.78, 5) is 25.2. The minimum absolute atomic E-state index is 0.00690. The molecule has 0 radical (unpaired) electrons. The topological polar surface area (TPSA) is 57.6 Å². The van der Waals surface area contributed by atoms with Crippen molar-refractivity contribution in [2.75, 3.05) is 4.90 Å². The van der Waals surface area contributed by atoms with Crippen molar-refractivity contribution in [1.29, 1.82) is 0 Å². The van der Waals surface area contributed by atoms with E-state index in [1.807, 2.05) is 30.3 Å². The summed E-state index contributed by atoms with van der Waals surface area (Å²) < 4.78 is 1.04. The predicted octanol–water partition coefficient (Wildman–Crippen LogP) is 3.64. The van der Waals surface area contributed by atoms with Gasteiger partial charge in [-0.25, -0.2) is 0 Å². The fraction of sp³-hybridized carbons (Fsp3) is 0.176. The molecule has 1 aliphatic heterocycles. The maximum atomic E-state index is 12.5. The fourth-order valence-corrected chi connectivity index (χ4v) is 3.06. The molecular formula is C17H14INO3. The summed E-state index contributed by atoms with van der Waals surface area (Å²) in [6.45, 7) is 2.20. The van der Waals surface area contributed by atoms with Crippen molar-refractivity contribution in [3.05, 3.63) is 62.7 Å². The number of carbonyl (C=O) groups excluding carboxylic acids is 1. The van der Waals surface area contributed by atoms with Gasteiger partial charge in [0.1, 0.15) is 0 Å². The molecule has 2 aromatic rings. The molecule has 0 aliphatic carbocycles. The summed E-state index contributed by atoms with van der Waals surface area (Å²) in [6, 6.07) is 13.0. The standard InChI is InChI=1S/C17H14INO3/c1-10(17(21)22)11-3-6-14(7-4-11)19-9-12-2-5-13(18)8-15(12)16(19)20/h2-8,10H,9H2,1H3,(H,21,22). The van der Waals surface area contributed by atoms with Crippen LogP contribution in [0.5, 0.6) is 0 Å². The van der Waals surface area contributed by atoms with Gasteiger partial charge in [0.2, 0.25) is 0 Å². The van der Waals surface area contributed by atoms with E-state index >= 15 is 0 Å². The van der Waals surface area contributed by atoms with Crippen LogP contribution in [-0.2, 0) is 11.3 Å². The van der Waals surface area contributed by atoms with Gasteiger partial charge in [-0.05, 0) is 64.9 Å². The van der Waals surface area contributed by atoms with Crippen LogP contribution in [0.3, 0.4) is 0 Å². The summed E-state index contributed by atoms with van der Waals surface area (Å²) in [5.74, 6) is -1.42. The lowest BCUT2D eigenvalue weighted by atomic mass is 10.0. The second kappa shape index (κ2) is 5.72. The number of fused-ring (bicyclic) bond motifs is 1. The molecule has 0 bridgehead atoms. The van der Waals surface area contributed by atoms with Crippen molar-refractivity contribution in [2.45, 2.75) is 19.4 Å². The number of anilines is 1. The molecule has 1 aliphatic rings. The van der Waals surface area contributed by atoms with E-state index in [-0.39, 0.29) is 5.91 Å². The highest BCUT2D eigenvalue weighted by atomic mass is 127. The lowest BCUT2D eigenvalue weighted by Crippen LogP contribution is -2.23. The van der Waals surface area contributed by atoms with Crippen LogP contribution < -0.4 is 4.90 Å². The lowest BCUT2D eigenvalue weighted by molar-refractivity contribution is -0.138.